The highest BCUT2D eigenvalue weighted by atomic mass is 16.5. The molecule has 0 aliphatic carbocycles. The van der Waals surface area contributed by atoms with Crippen LogP contribution in [0.1, 0.15) is 22.5 Å². The quantitative estimate of drug-likeness (QED) is 0.486. The molecule has 0 radical (unpaired) electrons. The maximum atomic E-state index is 12.0. The van der Waals surface area contributed by atoms with Gasteiger partial charge in [-0.3, -0.25) is 9.69 Å². The fourth-order valence-corrected chi connectivity index (χ4v) is 3.25. The second kappa shape index (κ2) is 8.67. The molecule has 1 N–H and O–H groups in total. The van der Waals surface area contributed by atoms with Gasteiger partial charge in [-0.25, -0.2) is 0 Å². The van der Waals surface area contributed by atoms with Crippen molar-refractivity contribution >= 4 is 11.6 Å². The van der Waals surface area contributed by atoms with E-state index in [0.29, 0.717) is 11.3 Å². The third kappa shape index (κ3) is 4.73. The highest BCUT2D eigenvalue weighted by Gasteiger charge is 2.17. The van der Waals surface area contributed by atoms with Gasteiger partial charge >= 0.3 is 5.91 Å². The monoisotopic (exact) mass is 354 g/mol. The summed E-state index contributed by atoms with van der Waals surface area (Å²) in [6.07, 6.45) is 2.21. The van der Waals surface area contributed by atoms with E-state index in [-0.39, 0.29) is 11.6 Å². The summed E-state index contributed by atoms with van der Waals surface area (Å²) < 4.78 is 0.597. The van der Waals surface area contributed by atoms with Crippen LogP contribution in [0.3, 0.4) is 0 Å². The number of hydrogen-bond donors (Lipinski definition) is 1. The van der Waals surface area contributed by atoms with Crippen molar-refractivity contribution in [3.05, 3.63) is 65.1 Å². The fourth-order valence-electron chi connectivity index (χ4n) is 3.25. The van der Waals surface area contributed by atoms with Gasteiger partial charge in [0.1, 0.15) is 0 Å². The molecule has 1 saturated heterocycles. The van der Waals surface area contributed by atoms with Crippen LogP contribution in [0.5, 0.6) is 0 Å². The number of nitrogens with one attached hydrogen (secondary N) is 1. The number of anilines is 1. The van der Waals surface area contributed by atoms with Gasteiger partial charge in [0.2, 0.25) is 0 Å². The van der Waals surface area contributed by atoms with Crippen molar-refractivity contribution in [1.29, 1.82) is 0 Å². The normalized spacial score (nSPS) is 15.0. The molecular formula is C20H26N4O2. The molecule has 1 aromatic carbocycles. The molecule has 1 fully saturated rings. The minimum Gasteiger partial charge on any atom is -0.618 e. The molecule has 2 heterocycles. The first-order chi connectivity index (χ1) is 12.6. The summed E-state index contributed by atoms with van der Waals surface area (Å²) in [6, 6.07) is 13.5. The van der Waals surface area contributed by atoms with Crippen LogP contribution in [0.4, 0.5) is 5.69 Å². The summed E-state index contributed by atoms with van der Waals surface area (Å²) in [7, 11) is 0. The average Bonchev–Trinajstić information content (AvgIpc) is 2.66. The Hall–Kier alpha value is -2.60. The molecule has 1 aromatic heterocycles. The van der Waals surface area contributed by atoms with Crippen LogP contribution in [0.25, 0.3) is 0 Å². The molecule has 0 unspecified atom stereocenters. The first-order valence-electron chi connectivity index (χ1n) is 9.14. The molecule has 1 amide bonds. The minimum atomic E-state index is -0.315. The Balaban J connectivity index is 1.37. The number of carbonyl (C=O) groups is 1. The number of aryl methyl sites for hydroxylation is 1. The molecule has 0 spiro atoms. The molecule has 2 aromatic rings. The Labute approximate surface area is 154 Å². The lowest BCUT2D eigenvalue weighted by molar-refractivity contribution is -0.607. The van der Waals surface area contributed by atoms with Crippen molar-refractivity contribution in [3.8, 4) is 0 Å². The first kappa shape index (κ1) is 18.2. The van der Waals surface area contributed by atoms with Crippen LogP contribution >= 0.6 is 0 Å². The van der Waals surface area contributed by atoms with E-state index in [9.17, 15) is 10.0 Å². The minimum absolute atomic E-state index is 0.138. The number of pyridine rings is 1. The maximum absolute atomic E-state index is 12.0. The second-order valence-electron chi connectivity index (χ2n) is 6.69. The maximum Gasteiger partial charge on any atom is 0.317 e. The molecule has 138 valence electrons. The van der Waals surface area contributed by atoms with Crippen molar-refractivity contribution < 1.29 is 9.52 Å². The zero-order valence-electron chi connectivity index (χ0n) is 15.2. The van der Waals surface area contributed by atoms with E-state index in [1.54, 1.807) is 12.1 Å². The number of benzene rings is 1. The van der Waals surface area contributed by atoms with Gasteiger partial charge in [-0.05, 0) is 43.7 Å². The van der Waals surface area contributed by atoms with Crippen LogP contribution in [-0.4, -0.2) is 50.1 Å². The van der Waals surface area contributed by atoms with E-state index in [1.807, 2.05) is 0 Å². The van der Waals surface area contributed by atoms with E-state index in [2.05, 4.69) is 46.3 Å². The van der Waals surface area contributed by atoms with Crippen molar-refractivity contribution in [2.24, 2.45) is 0 Å². The smallest absolute Gasteiger partial charge is 0.317 e. The van der Waals surface area contributed by atoms with Crippen LogP contribution in [0.2, 0.25) is 0 Å². The number of nitrogens with zero attached hydrogens (tertiary/aromatic N) is 3. The Kier molecular flexibility index (Phi) is 6.07. The highest BCUT2D eigenvalue weighted by Crippen LogP contribution is 2.17. The summed E-state index contributed by atoms with van der Waals surface area (Å²) in [5, 5.41) is 14.4. The fraction of sp³-hybridized carbons (Fsp3) is 0.400. The number of amides is 1. The van der Waals surface area contributed by atoms with Gasteiger partial charge in [0.05, 0.1) is 0 Å². The molecule has 1 aliphatic heterocycles. The number of rotatable bonds is 6. The van der Waals surface area contributed by atoms with Crippen molar-refractivity contribution in [2.45, 2.75) is 13.3 Å². The Morgan fingerprint density at radius 2 is 1.96 bits per heavy atom. The molecule has 1 aliphatic rings. The lowest BCUT2D eigenvalue weighted by Crippen LogP contribution is -2.47. The first-order valence-corrected chi connectivity index (χ1v) is 9.14. The average molecular weight is 354 g/mol. The predicted octanol–water partition coefficient (Wildman–Crippen LogP) is 1.57. The summed E-state index contributed by atoms with van der Waals surface area (Å²) in [5.74, 6) is -0.315. The van der Waals surface area contributed by atoms with Crippen LogP contribution < -0.4 is 14.9 Å². The number of aromatic nitrogens is 1. The topological polar surface area (TPSA) is 62.5 Å². The lowest BCUT2D eigenvalue weighted by Gasteiger charge is -2.36. The SMILES string of the molecule is Cc1cccc(N2CCN(CCCNC(=O)c3cccc[n+]3[O-])CC2)c1. The van der Waals surface area contributed by atoms with E-state index in [0.717, 1.165) is 39.1 Å². The van der Waals surface area contributed by atoms with Gasteiger partial charge in [0.15, 0.2) is 6.20 Å². The molecule has 0 bridgehead atoms. The number of hydrogen-bond acceptors (Lipinski definition) is 4. The third-order valence-electron chi connectivity index (χ3n) is 4.73. The largest absolute Gasteiger partial charge is 0.618 e. The van der Waals surface area contributed by atoms with Gasteiger partial charge in [-0.15, -0.1) is 0 Å². The molecule has 6 heteroatoms. The Bertz CT molecular complexity index is 742. The molecular weight excluding hydrogens is 328 g/mol. The van der Waals surface area contributed by atoms with Crippen molar-refractivity contribution in [2.75, 3.05) is 44.2 Å². The van der Waals surface area contributed by atoms with Crippen molar-refractivity contribution in [3.63, 3.8) is 0 Å². The Morgan fingerprint density at radius 3 is 2.69 bits per heavy atom. The molecule has 0 saturated carbocycles. The molecule has 0 atom stereocenters. The third-order valence-corrected chi connectivity index (χ3v) is 4.73. The molecule has 26 heavy (non-hydrogen) atoms. The summed E-state index contributed by atoms with van der Waals surface area (Å²) in [6.45, 7) is 7.76. The van der Waals surface area contributed by atoms with Crippen LogP contribution in [0, 0.1) is 12.1 Å². The van der Waals surface area contributed by atoms with Gasteiger partial charge in [-0.2, -0.15) is 4.73 Å². The zero-order valence-corrected chi connectivity index (χ0v) is 15.2. The van der Waals surface area contributed by atoms with Crippen LogP contribution in [-0.2, 0) is 0 Å². The summed E-state index contributed by atoms with van der Waals surface area (Å²) in [4.78, 5) is 16.8. The predicted molar refractivity (Wildman–Crippen MR) is 102 cm³/mol. The Morgan fingerprint density at radius 1 is 1.15 bits per heavy atom. The van der Waals surface area contributed by atoms with E-state index in [1.165, 1.54) is 23.5 Å². The number of carbonyl (C=O) groups excluding carboxylic acids is 1. The standard InChI is InChI=1S/C20H26N4O2/c1-17-6-4-7-18(16-17)23-14-12-22(13-15-23)10-5-9-21-20(25)19-8-2-3-11-24(19)26/h2-4,6-8,11,16H,5,9-10,12-15H2,1H3,(H,21,25). The number of piperazine rings is 1. The van der Waals surface area contributed by atoms with E-state index < -0.39 is 0 Å². The van der Waals surface area contributed by atoms with Gasteiger partial charge in [0.25, 0.3) is 5.69 Å². The highest BCUT2D eigenvalue weighted by molar-refractivity contribution is 5.90. The summed E-state index contributed by atoms with van der Waals surface area (Å²) >= 11 is 0. The zero-order chi connectivity index (χ0) is 18.4. The summed E-state index contributed by atoms with van der Waals surface area (Å²) in [5.41, 5.74) is 2.73. The van der Waals surface area contributed by atoms with Gasteiger partial charge < -0.3 is 15.4 Å². The molecule has 6 nitrogen and oxygen atoms in total. The van der Waals surface area contributed by atoms with Gasteiger partial charge in [-0.1, -0.05) is 12.1 Å². The van der Waals surface area contributed by atoms with E-state index >= 15 is 0 Å². The van der Waals surface area contributed by atoms with Crippen LogP contribution in [0.15, 0.2) is 48.7 Å². The molecule has 3 rings (SSSR count). The second-order valence-corrected chi connectivity index (χ2v) is 6.69. The lowest BCUT2D eigenvalue weighted by atomic mass is 10.2. The van der Waals surface area contributed by atoms with Crippen molar-refractivity contribution in [1.82, 2.24) is 10.2 Å². The van der Waals surface area contributed by atoms with E-state index in [4.69, 9.17) is 0 Å². The van der Waals surface area contributed by atoms with Gasteiger partial charge in [0, 0.05) is 50.5 Å².